The minimum absolute atomic E-state index is 0.118. The van der Waals surface area contributed by atoms with Gasteiger partial charge in [-0.05, 0) is 25.7 Å². The van der Waals surface area contributed by atoms with Gasteiger partial charge < -0.3 is 4.79 Å². The van der Waals surface area contributed by atoms with Gasteiger partial charge in [0.05, 0.1) is 0 Å². The zero-order chi connectivity index (χ0) is 13.3. The van der Waals surface area contributed by atoms with Crippen LogP contribution in [0.5, 0.6) is 0 Å². The number of carbonyl (C=O) groups excluding carboxylic acids is 2. The van der Waals surface area contributed by atoms with E-state index in [0.717, 1.165) is 19.3 Å². The molecule has 17 heavy (non-hydrogen) atoms. The summed E-state index contributed by atoms with van der Waals surface area (Å²) in [5.74, 6) is 1.10. The van der Waals surface area contributed by atoms with Crippen molar-refractivity contribution in [1.82, 2.24) is 0 Å². The number of carbonyl (C=O) groups is 2. The molecule has 0 spiro atoms. The maximum absolute atomic E-state index is 12.0. The first kappa shape index (κ1) is 16.3. The fourth-order valence-electron chi connectivity index (χ4n) is 2.05. The molecule has 1 unspecified atom stereocenters. The maximum Gasteiger partial charge on any atom is 0.136 e. The molecule has 0 amide bonds. The highest BCUT2D eigenvalue weighted by molar-refractivity contribution is 5.82. The number of hydrogen-bond acceptors (Lipinski definition) is 2. The molecule has 100 valence electrons. The number of ketones is 2. The molecule has 0 N–H and O–H groups in total. The Morgan fingerprint density at radius 3 is 2.18 bits per heavy atom. The molecule has 0 aliphatic rings. The Balaban J connectivity index is 4.17. The lowest BCUT2D eigenvalue weighted by atomic mass is 9.88. The molecule has 0 saturated heterocycles. The summed E-state index contributed by atoms with van der Waals surface area (Å²) in [6.45, 7) is 7.93. The summed E-state index contributed by atoms with van der Waals surface area (Å²) < 4.78 is 0. The fraction of sp³-hybridized carbons (Fsp3) is 0.867. The minimum atomic E-state index is 0.118. The van der Waals surface area contributed by atoms with Gasteiger partial charge in [0.25, 0.3) is 0 Å². The van der Waals surface area contributed by atoms with Gasteiger partial charge in [-0.1, -0.05) is 40.0 Å². The molecule has 0 aromatic rings. The highest BCUT2D eigenvalue weighted by atomic mass is 16.1. The Morgan fingerprint density at radius 2 is 1.71 bits per heavy atom. The molecule has 2 nitrogen and oxygen atoms in total. The monoisotopic (exact) mass is 240 g/mol. The van der Waals surface area contributed by atoms with Crippen LogP contribution in [-0.4, -0.2) is 11.6 Å². The topological polar surface area (TPSA) is 34.1 Å². The van der Waals surface area contributed by atoms with Gasteiger partial charge in [-0.15, -0.1) is 0 Å². The summed E-state index contributed by atoms with van der Waals surface area (Å²) in [6.07, 6.45) is 6.42. The van der Waals surface area contributed by atoms with Crippen LogP contribution in [-0.2, 0) is 9.59 Å². The number of rotatable bonds is 10. The van der Waals surface area contributed by atoms with E-state index in [0.29, 0.717) is 24.5 Å². The molecule has 0 aromatic carbocycles. The van der Waals surface area contributed by atoms with Crippen molar-refractivity contribution in [2.24, 2.45) is 11.8 Å². The quantitative estimate of drug-likeness (QED) is 0.537. The summed E-state index contributed by atoms with van der Waals surface area (Å²) >= 11 is 0. The van der Waals surface area contributed by atoms with Crippen molar-refractivity contribution in [3.63, 3.8) is 0 Å². The van der Waals surface area contributed by atoms with Crippen LogP contribution in [0.15, 0.2) is 0 Å². The van der Waals surface area contributed by atoms with Crippen LogP contribution in [0.2, 0.25) is 0 Å². The molecule has 0 heterocycles. The molecule has 0 bridgehead atoms. The average molecular weight is 240 g/mol. The van der Waals surface area contributed by atoms with Gasteiger partial charge in [0.1, 0.15) is 11.6 Å². The Kier molecular flexibility index (Phi) is 9.01. The van der Waals surface area contributed by atoms with Crippen molar-refractivity contribution in [1.29, 1.82) is 0 Å². The van der Waals surface area contributed by atoms with Gasteiger partial charge >= 0.3 is 0 Å². The molecule has 0 aliphatic carbocycles. The number of hydrogen-bond donors (Lipinski definition) is 0. The molecule has 0 aliphatic heterocycles. The van der Waals surface area contributed by atoms with Crippen molar-refractivity contribution in [2.45, 2.75) is 72.6 Å². The van der Waals surface area contributed by atoms with Crippen LogP contribution >= 0.6 is 0 Å². The van der Waals surface area contributed by atoms with Crippen molar-refractivity contribution >= 4 is 11.6 Å². The highest BCUT2D eigenvalue weighted by Crippen LogP contribution is 2.20. The third kappa shape index (κ3) is 9.08. The Morgan fingerprint density at radius 1 is 1.06 bits per heavy atom. The van der Waals surface area contributed by atoms with E-state index < -0.39 is 0 Å². The minimum Gasteiger partial charge on any atom is -0.300 e. The first-order valence-corrected chi connectivity index (χ1v) is 6.99. The van der Waals surface area contributed by atoms with Gasteiger partial charge in [0.2, 0.25) is 0 Å². The lowest BCUT2D eigenvalue weighted by molar-refractivity contribution is -0.124. The summed E-state index contributed by atoms with van der Waals surface area (Å²) in [5, 5.41) is 0. The van der Waals surface area contributed by atoms with E-state index in [1.807, 2.05) is 0 Å². The first-order valence-electron chi connectivity index (χ1n) is 6.99. The van der Waals surface area contributed by atoms with E-state index >= 15 is 0 Å². The van der Waals surface area contributed by atoms with E-state index in [9.17, 15) is 9.59 Å². The second-order valence-corrected chi connectivity index (χ2v) is 5.50. The van der Waals surface area contributed by atoms with E-state index in [1.54, 1.807) is 6.92 Å². The molecule has 0 aromatic heterocycles. The smallest absolute Gasteiger partial charge is 0.136 e. The third-order valence-electron chi connectivity index (χ3n) is 3.07. The third-order valence-corrected chi connectivity index (χ3v) is 3.07. The van der Waals surface area contributed by atoms with Gasteiger partial charge in [-0.3, -0.25) is 4.79 Å². The number of Topliss-reactive ketones (excluding diaryl/α,β-unsaturated/α-hetero) is 2. The molecule has 0 rings (SSSR count). The van der Waals surface area contributed by atoms with E-state index in [2.05, 4.69) is 20.8 Å². The molecule has 2 heteroatoms. The lowest BCUT2D eigenvalue weighted by Crippen LogP contribution is -2.17. The zero-order valence-corrected chi connectivity index (χ0v) is 11.9. The Bertz CT molecular complexity index is 231. The zero-order valence-electron chi connectivity index (χ0n) is 11.9. The summed E-state index contributed by atoms with van der Waals surface area (Å²) in [7, 11) is 0. The second-order valence-electron chi connectivity index (χ2n) is 5.50. The Hall–Kier alpha value is -0.660. The Labute approximate surface area is 106 Å². The lowest BCUT2D eigenvalue weighted by Gasteiger charge is -2.16. The largest absolute Gasteiger partial charge is 0.300 e. The second kappa shape index (κ2) is 9.38. The highest BCUT2D eigenvalue weighted by Gasteiger charge is 2.19. The van der Waals surface area contributed by atoms with Gasteiger partial charge in [0, 0.05) is 18.8 Å². The van der Waals surface area contributed by atoms with Crippen molar-refractivity contribution in [3.05, 3.63) is 0 Å². The molecule has 0 fully saturated rings. The maximum atomic E-state index is 12.0. The van der Waals surface area contributed by atoms with Crippen LogP contribution in [0.25, 0.3) is 0 Å². The van der Waals surface area contributed by atoms with E-state index in [1.165, 1.54) is 12.8 Å². The van der Waals surface area contributed by atoms with E-state index in [4.69, 9.17) is 0 Å². The van der Waals surface area contributed by atoms with Crippen molar-refractivity contribution in [2.75, 3.05) is 0 Å². The predicted molar refractivity (Wildman–Crippen MR) is 72.0 cm³/mol. The predicted octanol–water partition coefficient (Wildman–Crippen LogP) is 4.17. The van der Waals surface area contributed by atoms with Crippen LogP contribution in [0.1, 0.15) is 72.6 Å². The van der Waals surface area contributed by atoms with Crippen LogP contribution < -0.4 is 0 Å². The van der Waals surface area contributed by atoms with E-state index in [-0.39, 0.29) is 11.7 Å². The summed E-state index contributed by atoms with van der Waals surface area (Å²) in [4.78, 5) is 23.1. The molecule has 0 radical (unpaired) electrons. The molecule has 1 atom stereocenters. The fourth-order valence-corrected chi connectivity index (χ4v) is 2.05. The molecule has 0 saturated carbocycles. The van der Waals surface area contributed by atoms with Crippen molar-refractivity contribution < 1.29 is 9.59 Å². The summed E-state index contributed by atoms with van der Waals surface area (Å²) in [6, 6.07) is 0. The van der Waals surface area contributed by atoms with Crippen molar-refractivity contribution in [3.8, 4) is 0 Å². The SMILES string of the molecule is CCCCCC(CCC(C)=O)C(=O)CC(C)C. The van der Waals surface area contributed by atoms with Gasteiger partial charge in [0.15, 0.2) is 0 Å². The average Bonchev–Trinajstić information content (AvgIpc) is 2.21. The van der Waals surface area contributed by atoms with Gasteiger partial charge in [-0.2, -0.15) is 0 Å². The molecular weight excluding hydrogens is 212 g/mol. The van der Waals surface area contributed by atoms with Crippen LogP contribution in [0.3, 0.4) is 0 Å². The normalized spacial score (nSPS) is 12.8. The van der Waals surface area contributed by atoms with Crippen LogP contribution in [0.4, 0.5) is 0 Å². The summed E-state index contributed by atoms with van der Waals surface area (Å²) in [5.41, 5.74) is 0. The van der Waals surface area contributed by atoms with Gasteiger partial charge in [-0.25, -0.2) is 0 Å². The van der Waals surface area contributed by atoms with Crippen LogP contribution in [0, 0.1) is 11.8 Å². The number of unbranched alkanes of at least 4 members (excludes halogenated alkanes) is 2. The standard InChI is InChI=1S/C15H28O2/c1-5-6-7-8-14(10-9-13(4)16)15(17)11-12(2)3/h12,14H,5-11H2,1-4H3. The first-order chi connectivity index (χ1) is 7.97. The molecular formula is C15H28O2.